The summed E-state index contributed by atoms with van der Waals surface area (Å²) in [6.45, 7) is 1.94. The van der Waals surface area contributed by atoms with E-state index in [4.69, 9.17) is 0 Å². The lowest BCUT2D eigenvalue weighted by Gasteiger charge is -2.24. The quantitative estimate of drug-likeness (QED) is 0.547. The van der Waals surface area contributed by atoms with Crippen LogP contribution in [0.2, 0.25) is 0 Å². The molecule has 0 unspecified atom stereocenters. The minimum Gasteiger partial charge on any atom is -0.340 e. The lowest BCUT2D eigenvalue weighted by Crippen LogP contribution is -2.30. The molecule has 0 atom stereocenters. The highest BCUT2D eigenvalue weighted by Gasteiger charge is 2.18. The number of hydrogen-bond donors (Lipinski definition) is 2. The summed E-state index contributed by atoms with van der Waals surface area (Å²) >= 11 is 3.24. The number of amides is 1. The first-order valence-electron chi connectivity index (χ1n) is 8.68. The fraction of sp³-hybridized carbons (Fsp3) is 0.278. The molecule has 3 aromatic heterocycles. The van der Waals surface area contributed by atoms with Crippen molar-refractivity contribution in [3.05, 3.63) is 35.2 Å². The van der Waals surface area contributed by atoms with Gasteiger partial charge in [0.2, 0.25) is 11.9 Å². The van der Waals surface area contributed by atoms with Crippen LogP contribution < -0.4 is 10.2 Å². The minimum absolute atomic E-state index is 0.149. The van der Waals surface area contributed by atoms with E-state index in [1.807, 2.05) is 18.2 Å². The topological polar surface area (TPSA) is 73.9 Å². The molecule has 0 bridgehead atoms. The van der Waals surface area contributed by atoms with Gasteiger partial charge in [0.25, 0.3) is 5.91 Å². The first-order chi connectivity index (χ1) is 12.8. The van der Waals surface area contributed by atoms with E-state index in [1.165, 1.54) is 32.5 Å². The molecule has 4 aromatic rings. The standard InChI is InChI=1S/C18H17N5OS2/c24-16(19-17-20-18(22-21-17)23-8-4-1-5-9-23)14-10-13-15(26-14)11-6-2-3-7-12(11)25-13/h2-3,6-7,10H,1,4-5,8-9H2,(H2,19,20,21,22,24). The van der Waals surface area contributed by atoms with Crippen molar-refractivity contribution in [1.82, 2.24) is 15.2 Å². The smallest absolute Gasteiger partial charge is 0.268 e. The highest BCUT2D eigenvalue weighted by atomic mass is 32.1. The number of nitrogens with zero attached hydrogens (tertiary/aromatic N) is 3. The van der Waals surface area contributed by atoms with E-state index in [1.54, 1.807) is 11.3 Å². The van der Waals surface area contributed by atoms with Gasteiger partial charge >= 0.3 is 0 Å². The Hall–Kier alpha value is -2.45. The zero-order valence-corrected chi connectivity index (χ0v) is 15.6. The number of hydrogen-bond acceptors (Lipinski definition) is 6. The van der Waals surface area contributed by atoms with E-state index in [2.05, 4.69) is 37.5 Å². The summed E-state index contributed by atoms with van der Waals surface area (Å²) in [7, 11) is 0. The Labute approximate surface area is 157 Å². The number of fused-ring (bicyclic) bond motifs is 3. The number of thiophene rings is 2. The molecule has 1 saturated heterocycles. The number of aromatic nitrogens is 3. The highest BCUT2D eigenvalue weighted by Crippen LogP contribution is 2.39. The van der Waals surface area contributed by atoms with Gasteiger partial charge in [-0.15, -0.1) is 27.8 Å². The zero-order chi connectivity index (χ0) is 17.5. The van der Waals surface area contributed by atoms with Crippen molar-refractivity contribution in [2.75, 3.05) is 23.3 Å². The van der Waals surface area contributed by atoms with Crippen molar-refractivity contribution in [3.8, 4) is 0 Å². The number of carbonyl (C=O) groups is 1. The molecular weight excluding hydrogens is 366 g/mol. The maximum atomic E-state index is 12.6. The summed E-state index contributed by atoms with van der Waals surface area (Å²) in [4.78, 5) is 19.9. The maximum absolute atomic E-state index is 12.6. The summed E-state index contributed by atoms with van der Waals surface area (Å²) in [6, 6.07) is 10.3. The third-order valence-electron chi connectivity index (χ3n) is 4.62. The van der Waals surface area contributed by atoms with Crippen molar-refractivity contribution >= 4 is 60.0 Å². The number of rotatable bonds is 3. The van der Waals surface area contributed by atoms with Crippen molar-refractivity contribution in [2.24, 2.45) is 0 Å². The van der Waals surface area contributed by atoms with Crippen LogP contribution in [0.25, 0.3) is 19.5 Å². The second-order valence-electron chi connectivity index (χ2n) is 6.39. The summed E-state index contributed by atoms with van der Waals surface area (Å²) in [5, 5.41) is 11.1. The van der Waals surface area contributed by atoms with Crippen LogP contribution in [0.5, 0.6) is 0 Å². The first-order valence-corrected chi connectivity index (χ1v) is 10.3. The molecule has 2 N–H and O–H groups in total. The van der Waals surface area contributed by atoms with Gasteiger partial charge in [-0.1, -0.05) is 18.2 Å². The van der Waals surface area contributed by atoms with E-state index >= 15 is 0 Å². The van der Waals surface area contributed by atoms with Gasteiger partial charge < -0.3 is 4.90 Å². The predicted octanol–water partition coefficient (Wildman–Crippen LogP) is 4.48. The molecule has 4 heterocycles. The lowest BCUT2D eigenvalue weighted by atomic mass is 10.1. The number of anilines is 2. The normalized spacial score (nSPS) is 15.0. The molecule has 6 nitrogen and oxygen atoms in total. The highest BCUT2D eigenvalue weighted by molar-refractivity contribution is 7.33. The molecule has 0 saturated carbocycles. The number of H-pyrrole nitrogens is 1. The van der Waals surface area contributed by atoms with Gasteiger partial charge in [-0.3, -0.25) is 10.1 Å². The molecular formula is C18H17N5OS2. The van der Waals surface area contributed by atoms with Crippen molar-refractivity contribution in [2.45, 2.75) is 19.3 Å². The average Bonchev–Trinajstić information content (AvgIpc) is 3.36. The lowest BCUT2D eigenvalue weighted by molar-refractivity contribution is 0.103. The molecule has 0 aliphatic carbocycles. The Kier molecular flexibility index (Phi) is 3.86. The summed E-state index contributed by atoms with van der Waals surface area (Å²) in [5.41, 5.74) is 0. The number of carbonyl (C=O) groups excluding carboxylic acids is 1. The molecule has 5 rings (SSSR count). The van der Waals surface area contributed by atoms with Gasteiger partial charge in [-0.25, -0.2) is 5.10 Å². The van der Waals surface area contributed by atoms with E-state index < -0.39 is 0 Å². The molecule has 8 heteroatoms. The largest absolute Gasteiger partial charge is 0.340 e. The average molecular weight is 384 g/mol. The third-order valence-corrected chi connectivity index (χ3v) is 7.03. The number of piperidine rings is 1. The van der Waals surface area contributed by atoms with Crippen molar-refractivity contribution in [1.29, 1.82) is 0 Å². The fourth-order valence-corrected chi connectivity index (χ4v) is 5.74. The number of nitrogens with one attached hydrogen (secondary N) is 2. The van der Waals surface area contributed by atoms with Crippen LogP contribution in [-0.4, -0.2) is 34.2 Å². The summed E-state index contributed by atoms with van der Waals surface area (Å²) in [5.74, 6) is 0.916. The predicted molar refractivity (Wildman–Crippen MR) is 108 cm³/mol. The van der Waals surface area contributed by atoms with Crippen molar-refractivity contribution < 1.29 is 4.79 Å². The molecule has 0 spiro atoms. The SMILES string of the molecule is O=C(Nc1nc(N2CCCCC2)n[nH]1)c1cc2sc3ccccc3c2s1. The van der Waals surface area contributed by atoms with Crippen LogP contribution in [0.4, 0.5) is 11.9 Å². The molecule has 26 heavy (non-hydrogen) atoms. The van der Waals surface area contributed by atoms with E-state index in [9.17, 15) is 4.79 Å². The van der Waals surface area contributed by atoms with Gasteiger partial charge in [-0.05, 0) is 31.4 Å². The van der Waals surface area contributed by atoms with Gasteiger partial charge in [0, 0.05) is 27.9 Å². The van der Waals surface area contributed by atoms with Crippen LogP contribution in [-0.2, 0) is 0 Å². The Balaban J connectivity index is 1.36. The molecule has 1 fully saturated rings. The number of benzene rings is 1. The minimum atomic E-state index is -0.149. The Morgan fingerprint density at radius 1 is 1.12 bits per heavy atom. The van der Waals surface area contributed by atoms with Crippen LogP contribution in [0.3, 0.4) is 0 Å². The van der Waals surface area contributed by atoms with Gasteiger partial charge in [0.05, 0.1) is 9.58 Å². The van der Waals surface area contributed by atoms with Crippen molar-refractivity contribution in [3.63, 3.8) is 0 Å². The van der Waals surface area contributed by atoms with Gasteiger partial charge in [0.15, 0.2) is 0 Å². The Morgan fingerprint density at radius 2 is 1.96 bits per heavy atom. The summed E-state index contributed by atoms with van der Waals surface area (Å²) in [6.07, 6.45) is 3.58. The summed E-state index contributed by atoms with van der Waals surface area (Å²) < 4.78 is 3.57. The van der Waals surface area contributed by atoms with Gasteiger partial charge in [0.1, 0.15) is 0 Å². The third kappa shape index (κ3) is 2.75. The van der Waals surface area contributed by atoms with Crippen LogP contribution in [0, 0.1) is 0 Å². The molecule has 1 aliphatic heterocycles. The molecule has 1 amide bonds. The molecule has 0 radical (unpaired) electrons. The van der Waals surface area contributed by atoms with Crippen LogP contribution in [0.1, 0.15) is 28.9 Å². The maximum Gasteiger partial charge on any atom is 0.268 e. The Bertz CT molecular complexity index is 1090. The monoisotopic (exact) mass is 383 g/mol. The van der Waals surface area contributed by atoms with E-state index in [0.29, 0.717) is 16.8 Å². The molecule has 1 aromatic carbocycles. The van der Waals surface area contributed by atoms with E-state index in [0.717, 1.165) is 30.6 Å². The van der Waals surface area contributed by atoms with Crippen LogP contribution in [0.15, 0.2) is 30.3 Å². The zero-order valence-electron chi connectivity index (χ0n) is 14.0. The number of aromatic amines is 1. The van der Waals surface area contributed by atoms with Gasteiger partial charge in [-0.2, -0.15) is 4.98 Å². The van der Waals surface area contributed by atoms with Crippen LogP contribution >= 0.6 is 22.7 Å². The fourth-order valence-electron chi connectivity index (χ4n) is 3.32. The Morgan fingerprint density at radius 3 is 2.85 bits per heavy atom. The molecule has 1 aliphatic rings. The second-order valence-corrected chi connectivity index (χ2v) is 8.52. The second kappa shape index (κ2) is 6.37. The molecule has 132 valence electrons. The van der Waals surface area contributed by atoms with E-state index in [-0.39, 0.29) is 5.91 Å². The first kappa shape index (κ1) is 15.8.